The molecule has 0 spiro atoms. The van der Waals surface area contributed by atoms with Crippen LogP contribution in [-0.2, 0) is 11.3 Å². The van der Waals surface area contributed by atoms with Crippen molar-refractivity contribution in [1.82, 2.24) is 20.1 Å². The Balaban J connectivity index is 1.51. The number of aromatic amines is 1. The van der Waals surface area contributed by atoms with E-state index in [4.69, 9.17) is 19.2 Å². The van der Waals surface area contributed by atoms with Gasteiger partial charge in [-0.2, -0.15) is 5.10 Å². The molecule has 2 saturated heterocycles. The molecule has 1 aromatic carbocycles. The van der Waals surface area contributed by atoms with Gasteiger partial charge in [0.2, 0.25) is 0 Å². The van der Waals surface area contributed by atoms with E-state index in [2.05, 4.69) is 21.2 Å². The van der Waals surface area contributed by atoms with Crippen molar-refractivity contribution in [3.8, 4) is 11.5 Å². The summed E-state index contributed by atoms with van der Waals surface area (Å²) in [6, 6.07) is 6.31. The molecule has 2 aromatic rings. The SMILES string of the molecule is COc1cccc(CN2CCC[C@H]2c2nc(C3CCOCC3)n[nH]2)c1OC. The normalized spacial score (nSPS) is 21.5. The number of para-hydroxylation sites is 1. The fourth-order valence-electron chi connectivity index (χ4n) is 4.20. The second-order valence-electron chi connectivity index (χ2n) is 7.25. The van der Waals surface area contributed by atoms with Crippen molar-refractivity contribution < 1.29 is 14.2 Å². The highest BCUT2D eigenvalue weighted by atomic mass is 16.5. The number of nitrogens with zero attached hydrogens (tertiary/aromatic N) is 3. The van der Waals surface area contributed by atoms with E-state index in [1.54, 1.807) is 14.2 Å². The van der Waals surface area contributed by atoms with Gasteiger partial charge in [-0.1, -0.05) is 12.1 Å². The van der Waals surface area contributed by atoms with Crippen molar-refractivity contribution >= 4 is 0 Å². The van der Waals surface area contributed by atoms with Crippen LogP contribution < -0.4 is 9.47 Å². The van der Waals surface area contributed by atoms with Gasteiger partial charge in [0.25, 0.3) is 0 Å². The minimum absolute atomic E-state index is 0.266. The van der Waals surface area contributed by atoms with Crippen LogP contribution in [-0.4, -0.2) is 54.1 Å². The van der Waals surface area contributed by atoms with Gasteiger partial charge in [-0.25, -0.2) is 4.98 Å². The molecule has 7 heteroatoms. The van der Waals surface area contributed by atoms with E-state index in [-0.39, 0.29) is 6.04 Å². The van der Waals surface area contributed by atoms with Crippen molar-refractivity contribution in [2.75, 3.05) is 34.0 Å². The van der Waals surface area contributed by atoms with E-state index in [1.807, 2.05) is 12.1 Å². The number of aromatic nitrogens is 3. The summed E-state index contributed by atoms with van der Waals surface area (Å²) in [5.74, 6) is 3.92. The zero-order chi connectivity index (χ0) is 18.6. The Hall–Kier alpha value is -2.12. The molecule has 2 aliphatic rings. The summed E-state index contributed by atoms with van der Waals surface area (Å²) < 4.78 is 16.5. The molecule has 7 nitrogen and oxygen atoms in total. The monoisotopic (exact) mass is 372 g/mol. The first-order chi connectivity index (χ1) is 13.3. The lowest BCUT2D eigenvalue weighted by atomic mass is 10.00. The lowest BCUT2D eigenvalue weighted by molar-refractivity contribution is 0.0836. The van der Waals surface area contributed by atoms with E-state index in [9.17, 15) is 0 Å². The maximum Gasteiger partial charge on any atom is 0.165 e. The first kappa shape index (κ1) is 18.3. The van der Waals surface area contributed by atoms with E-state index in [0.29, 0.717) is 5.92 Å². The zero-order valence-corrected chi connectivity index (χ0v) is 16.1. The van der Waals surface area contributed by atoms with Gasteiger partial charge in [0.1, 0.15) is 5.82 Å². The van der Waals surface area contributed by atoms with Crippen LogP contribution in [0, 0.1) is 0 Å². The van der Waals surface area contributed by atoms with Crippen LogP contribution in [0.3, 0.4) is 0 Å². The van der Waals surface area contributed by atoms with E-state index < -0.39 is 0 Å². The molecule has 1 atom stereocenters. The van der Waals surface area contributed by atoms with Gasteiger partial charge in [-0.05, 0) is 38.3 Å². The smallest absolute Gasteiger partial charge is 0.165 e. The summed E-state index contributed by atoms with van der Waals surface area (Å²) in [7, 11) is 3.37. The van der Waals surface area contributed by atoms with Crippen LogP contribution in [0.1, 0.15) is 54.9 Å². The highest BCUT2D eigenvalue weighted by Gasteiger charge is 2.31. The maximum atomic E-state index is 5.60. The van der Waals surface area contributed by atoms with Gasteiger partial charge in [0.05, 0.1) is 20.3 Å². The lowest BCUT2D eigenvalue weighted by Crippen LogP contribution is -2.24. The Morgan fingerprint density at radius 1 is 1.19 bits per heavy atom. The Labute approximate surface area is 160 Å². The van der Waals surface area contributed by atoms with Gasteiger partial charge in [0, 0.05) is 31.2 Å². The standard InChI is InChI=1S/C20H28N4O3/c1-25-17-7-3-5-15(18(17)26-2)13-24-10-4-6-16(24)20-21-19(22-23-20)14-8-11-27-12-9-14/h3,5,7,14,16H,4,6,8-13H2,1-2H3,(H,21,22,23)/t16-/m0/s1. The number of methoxy groups -OCH3 is 2. The number of H-pyrrole nitrogens is 1. The summed E-state index contributed by atoms with van der Waals surface area (Å²) in [5, 5.41) is 7.74. The maximum absolute atomic E-state index is 5.60. The molecule has 27 heavy (non-hydrogen) atoms. The van der Waals surface area contributed by atoms with Crippen LogP contribution in [0.25, 0.3) is 0 Å². The molecular formula is C20H28N4O3. The molecule has 0 radical (unpaired) electrons. The van der Waals surface area contributed by atoms with Gasteiger partial charge in [-0.3, -0.25) is 10.00 Å². The minimum Gasteiger partial charge on any atom is -0.493 e. The summed E-state index contributed by atoms with van der Waals surface area (Å²) in [6.45, 7) is 3.45. The number of ether oxygens (including phenoxy) is 3. The number of rotatable bonds is 6. The van der Waals surface area contributed by atoms with Crippen molar-refractivity contribution in [1.29, 1.82) is 0 Å². The molecule has 0 bridgehead atoms. The molecule has 0 aliphatic carbocycles. The molecule has 1 aromatic heterocycles. The summed E-state index contributed by atoms with van der Waals surface area (Å²) in [6.07, 6.45) is 4.26. The third-order valence-corrected chi connectivity index (χ3v) is 5.64. The third-order valence-electron chi connectivity index (χ3n) is 5.64. The van der Waals surface area contributed by atoms with Crippen LogP contribution in [0.5, 0.6) is 11.5 Å². The first-order valence-corrected chi connectivity index (χ1v) is 9.74. The molecule has 146 valence electrons. The Bertz CT molecular complexity index is 757. The van der Waals surface area contributed by atoms with Crippen molar-refractivity contribution in [2.45, 2.75) is 44.2 Å². The summed E-state index contributed by atoms with van der Waals surface area (Å²) in [4.78, 5) is 7.31. The van der Waals surface area contributed by atoms with Gasteiger partial charge in [0.15, 0.2) is 17.3 Å². The second-order valence-corrected chi connectivity index (χ2v) is 7.25. The predicted molar refractivity (Wildman–Crippen MR) is 101 cm³/mol. The minimum atomic E-state index is 0.266. The second kappa shape index (κ2) is 8.27. The van der Waals surface area contributed by atoms with E-state index >= 15 is 0 Å². The van der Waals surface area contributed by atoms with E-state index in [0.717, 1.165) is 80.7 Å². The number of hydrogen-bond acceptors (Lipinski definition) is 6. The zero-order valence-electron chi connectivity index (χ0n) is 16.1. The number of likely N-dealkylation sites (tertiary alicyclic amines) is 1. The summed E-state index contributed by atoms with van der Waals surface area (Å²) in [5.41, 5.74) is 1.13. The van der Waals surface area contributed by atoms with Crippen LogP contribution >= 0.6 is 0 Å². The average molecular weight is 372 g/mol. The van der Waals surface area contributed by atoms with E-state index in [1.165, 1.54) is 0 Å². The number of hydrogen-bond donors (Lipinski definition) is 1. The highest BCUT2D eigenvalue weighted by molar-refractivity contribution is 5.46. The van der Waals surface area contributed by atoms with Gasteiger partial charge >= 0.3 is 0 Å². The molecule has 2 aliphatic heterocycles. The largest absolute Gasteiger partial charge is 0.493 e. The molecule has 0 amide bonds. The van der Waals surface area contributed by atoms with Crippen LogP contribution in [0.15, 0.2) is 18.2 Å². The predicted octanol–water partition coefficient (Wildman–Crippen LogP) is 3.05. The first-order valence-electron chi connectivity index (χ1n) is 9.74. The van der Waals surface area contributed by atoms with Crippen LogP contribution in [0.2, 0.25) is 0 Å². The highest BCUT2D eigenvalue weighted by Crippen LogP contribution is 2.36. The quantitative estimate of drug-likeness (QED) is 0.840. The molecule has 4 rings (SSSR count). The Morgan fingerprint density at radius 3 is 2.81 bits per heavy atom. The topological polar surface area (TPSA) is 72.5 Å². The molecule has 0 unspecified atom stereocenters. The van der Waals surface area contributed by atoms with Crippen molar-refractivity contribution in [3.05, 3.63) is 35.4 Å². The molecular weight excluding hydrogens is 344 g/mol. The molecule has 1 N–H and O–H groups in total. The third kappa shape index (κ3) is 3.80. The van der Waals surface area contributed by atoms with Crippen LogP contribution in [0.4, 0.5) is 0 Å². The molecule has 2 fully saturated rings. The number of nitrogens with one attached hydrogen (secondary N) is 1. The van der Waals surface area contributed by atoms with Crippen molar-refractivity contribution in [3.63, 3.8) is 0 Å². The fourth-order valence-corrected chi connectivity index (χ4v) is 4.20. The Morgan fingerprint density at radius 2 is 2.04 bits per heavy atom. The average Bonchev–Trinajstić information content (AvgIpc) is 3.37. The molecule has 0 saturated carbocycles. The number of benzene rings is 1. The van der Waals surface area contributed by atoms with Gasteiger partial charge < -0.3 is 14.2 Å². The lowest BCUT2D eigenvalue weighted by Gasteiger charge is -2.24. The van der Waals surface area contributed by atoms with Crippen molar-refractivity contribution in [2.24, 2.45) is 0 Å². The summed E-state index contributed by atoms with van der Waals surface area (Å²) >= 11 is 0. The Kier molecular flexibility index (Phi) is 5.59. The van der Waals surface area contributed by atoms with Gasteiger partial charge in [-0.15, -0.1) is 0 Å². The fraction of sp³-hybridized carbons (Fsp3) is 0.600. The molecule has 3 heterocycles.